The molecule has 3 aliphatic rings. The summed E-state index contributed by atoms with van der Waals surface area (Å²) in [6.45, 7) is 2.94. The molecule has 2 aromatic carbocycles. The van der Waals surface area contributed by atoms with Crippen LogP contribution in [-0.2, 0) is 34.3 Å². The van der Waals surface area contributed by atoms with E-state index in [1.54, 1.807) is 0 Å². The molecule has 1 N–H and O–H groups in total. The van der Waals surface area contributed by atoms with Crippen LogP contribution in [-0.4, -0.2) is 34.2 Å². The first-order valence-corrected chi connectivity index (χ1v) is 11.5. The smallest absolute Gasteiger partial charge is 0.347 e. The molecule has 0 bridgehead atoms. The third kappa shape index (κ3) is 2.79. The summed E-state index contributed by atoms with van der Waals surface area (Å²) >= 11 is 0. The normalized spacial score (nSPS) is 21.7. The predicted molar refractivity (Wildman–Crippen MR) is 134 cm³/mol. The number of carbonyl (C=O) groups excluding carboxylic acids is 2. The Kier molecular flexibility index (Phi) is 4.73. The van der Waals surface area contributed by atoms with E-state index >= 15 is 0 Å². The van der Waals surface area contributed by atoms with Crippen molar-refractivity contribution in [3.63, 3.8) is 0 Å². The number of para-hydroxylation sites is 2. The van der Waals surface area contributed by atoms with E-state index in [0.717, 1.165) is 64.7 Å². The number of hydrogen-bond donors (Lipinski definition) is 1. The number of nitrogens with one attached hydrogen (secondary N) is 1. The third-order valence-electron chi connectivity index (χ3n) is 7.69. The van der Waals surface area contributed by atoms with Crippen LogP contribution in [0.4, 0.5) is 0 Å². The molecule has 6 nitrogen and oxygen atoms in total. The summed E-state index contributed by atoms with van der Waals surface area (Å²) in [5.74, 6) is 0.0143. The number of halogens is 1. The number of benzene rings is 2. The molecule has 1 saturated heterocycles. The Morgan fingerprint density at radius 2 is 1.56 bits per heavy atom. The number of rotatable bonds is 2. The lowest BCUT2D eigenvalue weighted by Gasteiger charge is -2.28. The Morgan fingerprint density at radius 3 is 2.38 bits per heavy atom. The minimum atomic E-state index is -0.563. The zero-order valence-corrected chi connectivity index (χ0v) is 19.5. The van der Waals surface area contributed by atoms with Crippen LogP contribution in [0.5, 0.6) is 0 Å². The van der Waals surface area contributed by atoms with Crippen molar-refractivity contribution in [3.05, 3.63) is 71.5 Å². The van der Waals surface area contributed by atoms with Crippen LogP contribution >= 0.6 is 12.4 Å². The highest BCUT2D eigenvalue weighted by atomic mass is 35.5. The zero-order valence-electron chi connectivity index (χ0n) is 18.7. The van der Waals surface area contributed by atoms with E-state index in [9.17, 15) is 9.59 Å². The molecule has 34 heavy (non-hydrogen) atoms. The van der Waals surface area contributed by atoms with Gasteiger partial charge in [-0.2, -0.15) is 0 Å². The van der Waals surface area contributed by atoms with Crippen molar-refractivity contribution in [1.29, 1.82) is 0 Å². The molecule has 0 unspecified atom stereocenters. The van der Waals surface area contributed by atoms with Crippen LogP contribution in [0.3, 0.4) is 0 Å². The minimum Gasteiger partial charge on any atom is -0.386 e. The highest BCUT2D eigenvalue weighted by Gasteiger charge is 2.42. The summed E-state index contributed by atoms with van der Waals surface area (Å²) in [4.78, 5) is 26.3. The van der Waals surface area contributed by atoms with Crippen LogP contribution in [0.25, 0.3) is 33.0 Å². The van der Waals surface area contributed by atoms with Crippen molar-refractivity contribution < 1.29 is 14.3 Å². The fourth-order valence-corrected chi connectivity index (χ4v) is 6.18. The Morgan fingerprint density at radius 1 is 0.882 bits per heavy atom. The van der Waals surface area contributed by atoms with Crippen LogP contribution in [0.15, 0.2) is 54.7 Å². The minimum absolute atomic E-state index is 0. The Hall–Kier alpha value is -3.35. The number of carbonyl (C=O) groups is 2. The molecular formula is C27H24ClN3O3. The second-order valence-electron chi connectivity index (χ2n) is 9.43. The van der Waals surface area contributed by atoms with E-state index in [0.29, 0.717) is 23.0 Å². The van der Waals surface area contributed by atoms with Gasteiger partial charge in [0.25, 0.3) is 0 Å². The van der Waals surface area contributed by atoms with E-state index in [-0.39, 0.29) is 12.4 Å². The molecular weight excluding hydrogens is 450 g/mol. The molecule has 0 saturated carbocycles. The van der Waals surface area contributed by atoms with Crippen molar-refractivity contribution in [2.45, 2.75) is 13.0 Å². The van der Waals surface area contributed by atoms with Gasteiger partial charge in [0.05, 0.1) is 11.1 Å². The van der Waals surface area contributed by atoms with E-state index in [1.807, 2.05) is 54.2 Å². The average molecular weight is 474 g/mol. The molecule has 3 aliphatic heterocycles. The molecule has 2 atom stereocenters. The van der Waals surface area contributed by atoms with Gasteiger partial charge in [-0.25, -0.2) is 9.59 Å². The van der Waals surface area contributed by atoms with Crippen LogP contribution < -0.4 is 5.32 Å². The first kappa shape index (κ1) is 21.2. The number of aromatic nitrogens is 2. The van der Waals surface area contributed by atoms with E-state index in [4.69, 9.17) is 4.74 Å². The van der Waals surface area contributed by atoms with Gasteiger partial charge in [-0.3, -0.25) is 0 Å². The summed E-state index contributed by atoms with van der Waals surface area (Å²) in [6.07, 6.45) is 2.82. The lowest BCUT2D eigenvalue weighted by Crippen LogP contribution is -2.28. The van der Waals surface area contributed by atoms with Gasteiger partial charge in [0.2, 0.25) is 0 Å². The van der Waals surface area contributed by atoms with Crippen molar-refractivity contribution in [1.82, 2.24) is 14.5 Å². The van der Waals surface area contributed by atoms with Crippen LogP contribution in [0, 0.1) is 11.8 Å². The van der Waals surface area contributed by atoms with E-state index in [2.05, 4.69) is 22.0 Å². The van der Waals surface area contributed by atoms with Crippen molar-refractivity contribution in [2.75, 3.05) is 13.1 Å². The predicted octanol–water partition coefficient (Wildman–Crippen LogP) is 3.94. The Labute approximate surface area is 202 Å². The molecule has 1 fully saturated rings. The second kappa shape index (κ2) is 7.58. The van der Waals surface area contributed by atoms with E-state index in [1.165, 1.54) is 0 Å². The summed E-state index contributed by atoms with van der Waals surface area (Å²) in [5, 5.41) is 5.48. The Bertz CT molecular complexity index is 1540. The quantitative estimate of drug-likeness (QED) is 0.354. The molecule has 4 aromatic rings. The van der Waals surface area contributed by atoms with Gasteiger partial charge in [-0.05, 0) is 43.5 Å². The zero-order chi connectivity index (χ0) is 22.3. The molecule has 0 amide bonds. The maximum absolute atomic E-state index is 13.2. The van der Waals surface area contributed by atoms with Crippen molar-refractivity contribution >= 4 is 57.3 Å². The fourth-order valence-electron chi connectivity index (χ4n) is 6.18. The van der Waals surface area contributed by atoms with Gasteiger partial charge in [-0.15, -0.1) is 12.4 Å². The van der Waals surface area contributed by atoms with E-state index < -0.39 is 11.9 Å². The number of aryl methyl sites for hydroxylation is 1. The van der Waals surface area contributed by atoms with Gasteiger partial charge < -0.3 is 19.2 Å². The number of nitrogens with zero attached hydrogens (tertiary/aromatic N) is 2. The number of cyclic esters (lactones) is 2. The summed E-state index contributed by atoms with van der Waals surface area (Å²) < 4.78 is 9.62. The molecule has 2 aromatic heterocycles. The number of hydrogen-bond acceptors (Lipinski definition) is 4. The molecule has 0 aliphatic carbocycles. The van der Waals surface area contributed by atoms with Gasteiger partial charge in [-0.1, -0.05) is 36.4 Å². The number of ether oxygens (including phenoxy) is 1. The molecule has 7 rings (SSSR count). The molecule has 0 spiro atoms. The van der Waals surface area contributed by atoms with Crippen molar-refractivity contribution in [3.8, 4) is 0 Å². The maximum atomic E-state index is 13.2. The summed E-state index contributed by atoms with van der Waals surface area (Å²) in [5.41, 5.74) is 5.67. The van der Waals surface area contributed by atoms with Gasteiger partial charge >= 0.3 is 11.9 Å². The van der Waals surface area contributed by atoms with Gasteiger partial charge in [0.15, 0.2) is 0 Å². The molecule has 0 radical (unpaired) electrons. The lowest BCUT2D eigenvalue weighted by molar-refractivity contribution is -0.149. The standard InChI is InChI=1S/C27H23N3O3.ClH/c1-29-14-19(17-6-2-4-8-20(17)29)24-25(27(32)33-26(24)31)23-18-7-3-5-9-21(18)30-13-16-12-28-11-15(16)10-22(23)30;/h2-9,14-16,28H,10-13H2,1H3;1H/t15-,16+;/m0./s1. The summed E-state index contributed by atoms with van der Waals surface area (Å²) in [6, 6.07) is 16.2. The van der Waals surface area contributed by atoms with Crippen LogP contribution in [0.2, 0.25) is 0 Å². The molecule has 172 valence electrons. The first-order chi connectivity index (χ1) is 16.1. The number of fused-ring (bicyclic) bond motifs is 5. The summed E-state index contributed by atoms with van der Waals surface area (Å²) in [7, 11) is 1.96. The highest BCUT2D eigenvalue weighted by Crippen LogP contribution is 2.45. The average Bonchev–Trinajstić information content (AvgIpc) is 3.56. The Balaban J connectivity index is 0.00000217. The monoisotopic (exact) mass is 473 g/mol. The fraction of sp³-hybridized carbons (Fsp3) is 0.259. The molecule has 7 heteroatoms. The van der Waals surface area contributed by atoms with Gasteiger partial charge in [0, 0.05) is 58.4 Å². The lowest BCUT2D eigenvalue weighted by atomic mass is 9.85. The first-order valence-electron chi connectivity index (χ1n) is 11.5. The molecule has 5 heterocycles. The maximum Gasteiger partial charge on any atom is 0.347 e. The second-order valence-corrected chi connectivity index (χ2v) is 9.43. The highest BCUT2D eigenvalue weighted by molar-refractivity contribution is 6.47. The third-order valence-corrected chi connectivity index (χ3v) is 7.69. The number of esters is 2. The topological polar surface area (TPSA) is 65.3 Å². The van der Waals surface area contributed by atoms with Crippen molar-refractivity contribution in [2.24, 2.45) is 18.9 Å². The van der Waals surface area contributed by atoms with Crippen LogP contribution in [0.1, 0.15) is 16.8 Å². The SMILES string of the molecule is Cl.Cn1cc(C2=C(c3c4n(c5ccccc35)C[C@H]3CNC[C@@H]3C4)C(=O)OC2=O)c2ccccc21. The largest absolute Gasteiger partial charge is 0.386 e. The van der Waals surface area contributed by atoms with Gasteiger partial charge in [0.1, 0.15) is 0 Å².